The zero-order valence-electron chi connectivity index (χ0n) is 13.7. The van der Waals surface area contributed by atoms with Crippen LogP contribution in [-0.4, -0.2) is 39.3 Å². The third-order valence-corrected chi connectivity index (χ3v) is 4.34. The minimum atomic E-state index is 0.282. The topological polar surface area (TPSA) is 43.3 Å². The quantitative estimate of drug-likeness (QED) is 0.813. The van der Waals surface area contributed by atoms with Crippen molar-refractivity contribution in [3.05, 3.63) is 47.5 Å². The van der Waals surface area contributed by atoms with E-state index in [4.69, 9.17) is 14.2 Å². The van der Waals surface area contributed by atoms with Gasteiger partial charge in [0.2, 0.25) is 6.79 Å². The molecule has 4 rings (SSSR count). The van der Waals surface area contributed by atoms with Crippen molar-refractivity contribution in [3.8, 4) is 11.5 Å². The highest BCUT2D eigenvalue weighted by Crippen LogP contribution is 2.35. The average Bonchev–Trinajstić information content (AvgIpc) is 3.09. The third-order valence-electron chi connectivity index (χ3n) is 4.34. The van der Waals surface area contributed by atoms with Crippen LogP contribution in [0.25, 0.3) is 0 Å². The van der Waals surface area contributed by atoms with Gasteiger partial charge in [0.05, 0.1) is 18.9 Å². The van der Waals surface area contributed by atoms with Crippen molar-refractivity contribution in [1.82, 2.24) is 0 Å². The number of hydrogen-bond donors (Lipinski definition) is 0. The van der Waals surface area contributed by atoms with Gasteiger partial charge in [-0.1, -0.05) is 6.07 Å². The first-order valence-corrected chi connectivity index (χ1v) is 8.17. The minimum Gasteiger partial charge on any atom is -0.454 e. The van der Waals surface area contributed by atoms with E-state index in [1.807, 2.05) is 24.4 Å². The lowest BCUT2D eigenvalue weighted by Gasteiger charge is -2.29. The molecule has 1 fully saturated rings. The first kappa shape index (κ1) is 15.0. The molecule has 0 atom stereocenters. The summed E-state index contributed by atoms with van der Waals surface area (Å²) in [4.78, 5) is 6.92. The highest BCUT2D eigenvalue weighted by Gasteiger charge is 2.13. The molecular formula is C19H20N2O3. The Labute approximate surface area is 141 Å². The van der Waals surface area contributed by atoms with Gasteiger partial charge >= 0.3 is 0 Å². The molecule has 0 aliphatic carbocycles. The van der Waals surface area contributed by atoms with E-state index in [9.17, 15) is 0 Å². The van der Waals surface area contributed by atoms with Crippen LogP contribution < -0.4 is 14.4 Å². The SMILES string of the molecule is Cc1cc(N2CCOCC2)ccc1C=Nc1ccc2c(c1)OCO2. The molecule has 5 nitrogen and oxygen atoms in total. The fraction of sp³-hybridized carbons (Fsp3) is 0.316. The molecule has 2 aromatic rings. The summed E-state index contributed by atoms with van der Waals surface area (Å²) in [5.41, 5.74) is 4.43. The van der Waals surface area contributed by atoms with Crippen LogP contribution in [0.4, 0.5) is 11.4 Å². The molecule has 124 valence electrons. The second-order valence-electron chi connectivity index (χ2n) is 5.94. The Hall–Kier alpha value is -2.53. The summed E-state index contributed by atoms with van der Waals surface area (Å²) in [7, 11) is 0. The summed E-state index contributed by atoms with van der Waals surface area (Å²) in [5, 5.41) is 0. The van der Waals surface area contributed by atoms with E-state index < -0.39 is 0 Å². The molecule has 0 N–H and O–H groups in total. The van der Waals surface area contributed by atoms with E-state index in [1.54, 1.807) is 0 Å². The molecule has 2 heterocycles. The van der Waals surface area contributed by atoms with Crippen LogP contribution in [0.5, 0.6) is 11.5 Å². The Bertz CT molecular complexity index is 767. The average molecular weight is 324 g/mol. The number of anilines is 1. The highest BCUT2D eigenvalue weighted by atomic mass is 16.7. The van der Waals surface area contributed by atoms with E-state index in [1.165, 1.54) is 11.3 Å². The molecule has 0 amide bonds. The summed E-state index contributed by atoms with van der Waals surface area (Å²) < 4.78 is 16.1. The van der Waals surface area contributed by atoms with Gasteiger partial charge in [0.15, 0.2) is 11.5 Å². The standard InChI is InChI=1S/C19H20N2O3/c1-14-10-17(21-6-8-22-9-7-21)4-2-15(14)12-20-16-3-5-18-19(11-16)24-13-23-18/h2-5,10-12H,6-9,13H2,1H3. The number of benzene rings is 2. The Morgan fingerprint density at radius 2 is 1.83 bits per heavy atom. The molecule has 0 saturated carbocycles. The molecule has 0 radical (unpaired) electrons. The van der Waals surface area contributed by atoms with Gasteiger partial charge in [0.25, 0.3) is 0 Å². The van der Waals surface area contributed by atoms with Crippen LogP contribution in [0.1, 0.15) is 11.1 Å². The number of rotatable bonds is 3. The molecule has 0 spiro atoms. The molecule has 0 bridgehead atoms. The number of aryl methyl sites for hydroxylation is 1. The summed E-state index contributed by atoms with van der Waals surface area (Å²) >= 11 is 0. The monoisotopic (exact) mass is 324 g/mol. The molecule has 2 aliphatic heterocycles. The zero-order chi connectivity index (χ0) is 16.4. The summed E-state index contributed by atoms with van der Waals surface area (Å²) in [5.74, 6) is 1.53. The molecule has 0 aromatic heterocycles. The predicted octanol–water partition coefficient (Wildman–Crippen LogP) is 3.31. The first-order chi connectivity index (χ1) is 11.8. The van der Waals surface area contributed by atoms with Gasteiger partial charge in [-0.25, -0.2) is 0 Å². The van der Waals surface area contributed by atoms with Crippen LogP contribution in [0, 0.1) is 6.92 Å². The molecule has 24 heavy (non-hydrogen) atoms. The number of hydrogen-bond acceptors (Lipinski definition) is 5. The van der Waals surface area contributed by atoms with Gasteiger partial charge in [0, 0.05) is 31.1 Å². The lowest BCUT2D eigenvalue weighted by Crippen LogP contribution is -2.36. The fourth-order valence-corrected chi connectivity index (χ4v) is 2.93. The Morgan fingerprint density at radius 1 is 1.00 bits per heavy atom. The van der Waals surface area contributed by atoms with Gasteiger partial charge in [0.1, 0.15) is 0 Å². The second kappa shape index (κ2) is 6.53. The lowest BCUT2D eigenvalue weighted by atomic mass is 10.1. The van der Waals surface area contributed by atoms with Gasteiger partial charge in [-0.15, -0.1) is 0 Å². The van der Waals surface area contributed by atoms with Crippen molar-refractivity contribution < 1.29 is 14.2 Å². The second-order valence-corrected chi connectivity index (χ2v) is 5.94. The highest BCUT2D eigenvalue weighted by molar-refractivity contribution is 5.84. The largest absolute Gasteiger partial charge is 0.454 e. The van der Waals surface area contributed by atoms with Crippen LogP contribution >= 0.6 is 0 Å². The molecule has 2 aliphatic rings. The fourth-order valence-electron chi connectivity index (χ4n) is 2.93. The van der Waals surface area contributed by atoms with Crippen LogP contribution in [-0.2, 0) is 4.74 Å². The van der Waals surface area contributed by atoms with Crippen molar-refractivity contribution in [2.45, 2.75) is 6.92 Å². The van der Waals surface area contributed by atoms with Gasteiger partial charge < -0.3 is 19.1 Å². The maximum Gasteiger partial charge on any atom is 0.231 e. The van der Waals surface area contributed by atoms with Crippen LogP contribution in [0.15, 0.2) is 41.4 Å². The Morgan fingerprint density at radius 3 is 2.67 bits per heavy atom. The molecule has 1 saturated heterocycles. The lowest BCUT2D eigenvalue weighted by molar-refractivity contribution is 0.122. The summed E-state index contributed by atoms with van der Waals surface area (Å²) in [6.45, 7) is 5.89. The molecular weight excluding hydrogens is 304 g/mol. The minimum absolute atomic E-state index is 0.282. The van der Waals surface area contributed by atoms with E-state index in [0.717, 1.165) is 49.1 Å². The zero-order valence-corrected chi connectivity index (χ0v) is 13.7. The first-order valence-electron chi connectivity index (χ1n) is 8.17. The van der Waals surface area contributed by atoms with Gasteiger partial charge in [-0.2, -0.15) is 0 Å². The van der Waals surface area contributed by atoms with E-state index in [2.05, 4.69) is 35.0 Å². The third kappa shape index (κ3) is 3.08. The predicted molar refractivity (Wildman–Crippen MR) is 94.0 cm³/mol. The Kier molecular flexibility index (Phi) is 4.09. The number of fused-ring (bicyclic) bond motifs is 1. The van der Waals surface area contributed by atoms with Crippen molar-refractivity contribution in [1.29, 1.82) is 0 Å². The molecule has 2 aromatic carbocycles. The number of aliphatic imine (C=N–C) groups is 1. The maximum atomic E-state index is 5.41. The smallest absolute Gasteiger partial charge is 0.231 e. The normalized spacial score (nSPS) is 16.8. The van der Waals surface area contributed by atoms with Crippen molar-refractivity contribution in [2.24, 2.45) is 4.99 Å². The molecule has 0 unspecified atom stereocenters. The summed E-state index contributed by atoms with van der Waals surface area (Å²) in [6, 6.07) is 12.2. The van der Waals surface area contributed by atoms with Crippen LogP contribution in [0.2, 0.25) is 0 Å². The summed E-state index contributed by atoms with van der Waals surface area (Å²) in [6.07, 6.45) is 1.90. The number of nitrogens with zero attached hydrogens (tertiary/aromatic N) is 2. The van der Waals surface area contributed by atoms with E-state index in [-0.39, 0.29) is 6.79 Å². The number of ether oxygens (including phenoxy) is 3. The van der Waals surface area contributed by atoms with E-state index in [0.29, 0.717) is 0 Å². The Balaban J connectivity index is 1.51. The van der Waals surface area contributed by atoms with Crippen LogP contribution in [0.3, 0.4) is 0 Å². The molecule has 5 heteroatoms. The van der Waals surface area contributed by atoms with E-state index >= 15 is 0 Å². The van der Waals surface area contributed by atoms with Crippen molar-refractivity contribution in [3.63, 3.8) is 0 Å². The van der Waals surface area contributed by atoms with Gasteiger partial charge in [-0.3, -0.25) is 4.99 Å². The maximum absolute atomic E-state index is 5.41. The number of morpholine rings is 1. The van der Waals surface area contributed by atoms with Crippen molar-refractivity contribution in [2.75, 3.05) is 38.0 Å². The van der Waals surface area contributed by atoms with Crippen molar-refractivity contribution >= 4 is 17.6 Å². The van der Waals surface area contributed by atoms with Gasteiger partial charge in [-0.05, 0) is 42.3 Å².